The molecule has 28 heavy (non-hydrogen) atoms. The largest absolute Gasteiger partial charge is 0.486 e. The molecule has 10 heteroatoms. The van der Waals surface area contributed by atoms with Gasteiger partial charge in [-0.25, -0.2) is 13.4 Å². The van der Waals surface area contributed by atoms with E-state index in [2.05, 4.69) is 15.2 Å². The van der Waals surface area contributed by atoms with Gasteiger partial charge in [-0.3, -0.25) is 14.8 Å². The van der Waals surface area contributed by atoms with E-state index in [0.29, 0.717) is 42.2 Å². The number of hydrogen-bond donors (Lipinski definition) is 2. The van der Waals surface area contributed by atoms with Crippen LogP contribution in [0, 0.1) is 0 Å². The fraction of sp³-hybridized carbons (Fsp3) is 0.222. The smallest absolute Gasteiger partial charge is 0.262 e. The molecule has 0 spiro atoms. The third-order valence-corrected chi connectivity index (χ3v) is 5.54. The van der Waals surface area contributed by atoms with Gasteiger partial charge in [-0.05, 0) is 31.2 Å². The number of anilines is 1. The summed E-state index contributed by atoms with van der Waals surface area (Å²) in [5, 5.41) is 0.463. The predicted molar refractivity (Wildman–Crippen MR) is 103 cm³/mol. The average Bonchev–Trinajstić information content (AvgIpc) is 2.72. The molecule has 1 aliphatic rings. The van der Waals surface area contributed by atoms with Crippen molar-refractivity contribution in [1.82, 2.24) is 14.4 Å². The van der Waals surface area contributed by atoms with E-state index >= 15 is 0 Å². The molecular formula is C18H18N4O5S. The number of aromatic nitrogens is 2. The summed E-state index contributed by atoms with van der Waals surface area (Å²) in [6.45, 7) is 2.87. The van der Waals surface area contributed by atoms with Crippen LogP contribution in [0.25, 0.3) is 10.9 Å². The highest BCUT2D eigenvalue weighted by molar-refractivity contribution is 7.89. The number of hydrazine groups is 1. The van der Waals surface area contributed by atoms with E-state index in [-0.39, 0.29) is 16.4 Å². The Morgan fingerprint density at radius 1 is 1.11 bits per heavy atom. The van der Waals surface area contributed by atoms with Crippen LogP contribution in [0.2, 0.25) is 0 Å². The zero-order valence-electron chi connectivity index (χ0n) is 15.0. The third-order valence-electron chi connectivity index (χ3n) is 4.30. The van der Waals surface area contributed by atoms with Crippen LogP contribution in [0.3, 0.4) is 0 Å². The molecule has 3 aromatic rings. The molecule has 2 N–H and O–H groups in total. The summed E-state index contributed by atoms with van der Waals surface area (Å²) in [5.74, 6) is 0.963. The molecule has 1 aromatic heterocycles. The highest BCUT2D eigenvalue weighted by Crippen LogP contribution is 2.32. The molecule has 0 amide bonds. The van der Waals surface area contributed by atoms with Crippen molar-refractivity contribution in [2.24, 2.45) is 0 Å². The molecular weight excluding hydrogens is 384 g/mol. The summed E-state index contributed by atoms with van der Waals surface area (Å²) in [5.41, 5.74) is 2.77. The van der Waals surface area contributed by atoms with E-state index in [9.17, 15) is 13.2 Å². The van der Waals surface area contributed by atoms with Crippen molar-refractivity contribution in [2.75, 3.05) is 18.6 Å². The Morgan fingerprint density at radius 3 is 2.64 bits per heavy atom. The maximum Gasteiger partial charge on any atom is 0.262 e. The molecule has 0 saturated heterocycles. The van der Waals surface area contributed by atoms with E-state index < -0.39 is 10.0 Å². The van der Waals surface area contributed by atoms with Crippen molar-refractivity contribution in [2.45, 2.75) is 18.4 Å². The highest BCUT2D eigenvalue weighted by Gasteiger charge is 2.20. The minimum Gasteiger partial charge on any atom is -0.486 e. The standard InChI is InChI=1S/C18H18N4O5S/c1-2-22-17(23)13-5-3-4-6-14(13)19-18(22)20-21-28(24,25)12-7-8-15-16(11-12)27-10-9-26-15/h3-8,11,21H,2,9-10H2,1H3,(H,19,20). The SMILES string of the molecule is CCn1c(NNS(=O)(=O)c2ccc3c(c2)OCCO3)nc2ccccc2c1=O. The Morgan fingerprint density at radius 2 is 1.86 bits per heavy atom. The van der Waals surface area contributed by atoms with Gasteiger partial charge in [-0.15, -0.1) is 4.83 Å². The van der Waals surface area contributed by atoms with Gasteiger partial charge in [0.2, 0.25) is 5.95 Å². The predicted octanol–water partition coefficient (Wildman–Crippen LogP) is 1.49. The number of nitrogens with one attached hydrogen (secondary N) is 2. The second kappa shape index (κ2) is 7.13. The summed E-state index contributed by atoms with van der Waals surface area (Å²) >= 11 is 0. The second-order valence-electron chi connectivity index (χ2n) is 6.04. The van der Waals surface area contributed by atoms with Crippen LogP contribution in [0.1, 0.15) is 6.92 Å². The maximum absolute atomic E-state index is 12.7. The molecule has 2 heterocycles. The summed E-state index contributed by atoms with van der Waals surface area (Å²) in [7, 11) is -3.94. The fourth-order valence-corrected chi connectivity index (χ4v) is 3.77. The Kier molecular flexibility index (Phi) is 4.65. The van der Waals surface area contributed by atoms with Crippen LogP contribution in [0.5, 0.6) is 11.5 Å². The topological polar surface area (TPSA) is 112 Å². The maximum atomic E-state index is 12.7. The first-order chi connectivity index (χ1) is 13.5. The number of rotatable bonds is 5. The molecule has 0 saturated carbocycles. The zero-order chi connectivity index (χ0) is 19.7. The van der Waals surface area contributed by atoms with E-state index in [1.165, 1.54) is 16.7 Å². The molecule has 2 aromatic carbocycles. The van der Waals surface area contributed by atoms with Crippen molar-refractivity contribution >= 4 is 26.9 Å². The number of ether oxygens (including phenoxy) is 2. The van der Waals surface area contributed by atoms with Crippen molar-refractivity contribution in [1.29, 1.82) is 0 Å². The molecule has 4 rings (SSSR count). The molecule has 0 atom stereocenters. The van der Waals surface area contributed by atoms with Crippen LogP contribution in [0.4, 0.5) is 5.95 Å². The number of fused-ring (bicyclic) bond motifs is 2. The highest BCUT2D eigenvalue weighted by atomic mass is 32.2. The Bertz CT molecular complexity index is 1210. The van der Waals surface area contributed by atoms with Gasteiger partial charge in [-0.2, -0.15) is 0 Å². The van der Waals surface area contributed by atoms with Gasteiger partial charge in [0, 0.05) is 12.6 Å². The molecule has 1 aliphatic heterocycles. The van der Waals surface area contributed by atoms with Gasteiger partial charge < -0.3 is 9.47 Å². The van der Waals surface area contributed by atoms with Crippen LogP contribution in [-0.4, -0.2) is 31.2 Å². The lowest BCUT2D eigenvalue weighted by molar-refractivity contribution is 0.171. The molecule has 0 bridgehead atoms. The lowest BCUT2D eigenvalue weighted by Crippen LogP contribution is -2.34. The minimum atomic E-state index is -3.94. The van der Waals surface area contributed by atoms with Gasteiger partial charge >= 0.3 is 0 Å². The molecule has 146 valence electrons. The molecule has 0 fully saturated rings. The normalized spacial score (nSPS) is 13.5. The Balaban J connectivity index is 1.64. The van der Waals surface area contributed by atoms with E-state index in [1.807, 2.05) is 0 Å². The van der Waals surface area contributed by atoms with Crippen molar-refractivity contribution in [3.63, 3.8) is 0 Å². The van der Waals surface area contributed by atoms with E-state index in [1.54, 1.807) is 37.3 Å². The first-order valence-electron chi connectivity index (χ1n) is 8.66. The molecule has 9 nitrogen and oxygen atoms in total. The summed E-state index contributed by atoms with van der Waals surface area (Å²) in [6, 6.07) is 11.2. The molecule has 0 radical (unpaired) electrons. The third kappa shape index (κ3) is 3.27. The van der Waals surface area contributed by atoms with Crippen molar-refractivity contribution in [3.8, 4) is 11.5 Å². The van der Waals surface area contributed by atoms with Crippen LogP contribution < -0.4 is 25.3 Å². The minimum absolute atomic E-state index is 0.00423. The van der Waals surface area contributed by atoms with Crippen molar-refractivity contribution < 1.29 is 17.9 Å². The second-order valence-corrected chi connectivity index (χ2v) is 7.72. The van der Waals surface area contributed by atoms with Crippen LogP contribution in [0.15, 0.2) is 52.2 Å². The average molecular weight is 402 g/mol. The van der Waals surface area contributed by atoms with Gasteiger partial charge in [0.15, 0.2) is 11.5 Å². The monoisotopic (exact) mass is 402 g/mol. The van der Waals surface area contributed by atoms with E-state index in [0.717, 1.165) is 0 Å². The summed E-state index contributed by atoms with van der Waals surface area (Å²) in [4.78, 5) is 19.2. The first kappa shape index (κ1) is 18.3. The quantitative estimate of drug-likeness (QED) is 0.622. The molecule has 0 unspecified atom stereocenters. The van der Waals surface area contributed by atoms with Crippen LogP contribution >= 0.6 is 0 Å². The first-order valence-corrected chi connectivity index (χ1v) is 10.1. The lowest BCUT2D eigenvalue weighted by Gasteiger charge is -2.19. The zero-order valence-corrected chi connectivity index (χ0v) is 15.8. The lowest BCUT2D eigenvalue weighted by atomic mass is 10.2. The fourth-order valence-electron chi connectivity index (χ4n) is 2.92. The Labute approximate surface area is 160 Å². The van der Waals surface area contributed by atoms with E-state index in [4.69, 9.17) is 9.47 Å². The van der Waals surface area contributed by atoms with Crippen LogP contribution in [-0.2, 0) is 16.6 Å². The van der Waals surface area contributed by atoms with Gasteiger partial charge in [0.25, 0.3) is 15.6 Å². The number of benzene rings is 2. The van der Waals surface area contributed by atoms with Gasteiger partial charge in [0.05, 0.1) is 15.8 Å². The molecule has 0 aliphatic carbocycles. The summed E-state index contributed by atoms with van der Waals surface area (Å²) < 4.78 is 37.5. The Hall–Kier alpha value is -3.11. The van der Waals surface area contributed by atoms with Crippen molar-refractivity contribution in [3.05, 3.63) is 52.8 Å². The van der Waals surface area contributed by atoms with Gasteiger partial charge in [0.1, 0.15) is 13.2 Å². The van der Waals surface area contributed by atoms with Gasteiger partial charge in [-0.1, -0.05) is 12.1 Å². The summed E-state index contributed by atoms with van der Waals surface area (Å²) in [6.07, 6.45) is 0. The number of sulfonamides is 1. The number of hydrogen-bond acceptors (Lipinski definition) is 7. The number of nitrogens with zero attached hydrogens (tertiary/aromatic N) is 2. The number of para-hydroxylation sites is 1.